The maximum atomic E-state index is 11.0. The Morgan fingerprint density at radius 2 is 2.25 bits per heavy atom. The van der Waals surface area contributed by atoms with Crippen molar-refractivity contribution in [2.75, 3.05) is 13.1 Å². The Labute approximate surface area is 74.0 Å². The van der Waals surface area contributed by atoms with Crippen LogP contribution in [0.25, 0.3) is 0 Å². The highest BCUT2D eigenvalue weighted by molar-refractivity contribution is 5.75. The van der Waals surface area contributed by atoms with E-state index in [9.17, 15) is 4.79 Å². The van der Waals surface area contributed by atoms with Crippen molar-refractivity contribution in [3.63, 3.8) is 0 Å². The molecule has 0 spiro atoms. The van der Waals surface area contributed by atoms with Crippen LogP contribution in [0.1, 0.15) is 25.7 Å². The van der Waals surface area contributed by atoms with Gasteiger partial charge in [-0.05, 0) is 25.8 Å². The minimum atomic E-state index is 0.116. The van der Waals surface area contributed by atoms with Crippen molar-refractivity contribution in [2.45, 2.75) is 25.7 Å². The molecule has 12 heavy (non-hydrogen) atoms. The number of amides is 1. The highest BCUT2D eigenvalue weighted by Gasteiger charge is 1.97. The third-order valence-electron chi connectivity index (χ3n) is 1.53. The van der Waals surface area contributed by atoms with E-state index in [4.69, 9.17) is 5.73 Å². The van der Waals surface area contributed by atoms with Gasteiger partial charge in [-0.1, -0.05) is 6.08 Å². The molecule has 0 saturated carbocycles. The molecule has 0 unspecified atom stereocenters. The van der Waals surface area contributed by atoms with Crippen molar-refractivity contribution in [3.05, 3.63) is 12.7 Å². The maximum absolute atomic E-state index is 11.0. The van der Waals surface area contributed by atoms with Crippen LogP contribution in [0.15, 0.2) is 12.7 Å². The number of unbranched alkanes of at least 4 members (excludes halogenated alkanes) is 1. The van der Waals surface area contributed by atoms with Gasteiger partial charge in [-0.3, -0.25) is 4.79 Å². The number of rotatable bonds is 7. The van der Waals surface area contributed by atoms with E-state index in [0.717, 1.165) is 19.3 Å². The van der Waals surface area contributed by atoms with Crippen LogP contribution in [0.5, 0.6) is 0 Å². The molecule has 0 heterocycles. The second-order valence-electron chi connectivity index (χ2n) is 2.67. The molecular weight excluding hydrogens is 152 g/mol. The van der Waals surface area contributed by atoms with Gasteiger partial charge in [0.25, 0.3) is 0 Å². The summed E-state index contributed by atoms with van der Waals surface area (Å²) in [6.07, 6.45) is 5.03. The first-order valence-electron chi connectivity index (χ1n) is 4.39. The summed E-state index contributed by atoms with van der Waals surface area (Å²) >= 11 is 0. The average molecular weight is 170 g/mol. The summed E-state index contributed by atoms with van der Waals surface area (Å²) in [5, 5.41) is 2.79. The van der Waals surface area contributed by atoms with Gasteiger partial charge in [0.1, 0.15) is 0 Å². The maximum Gasteiger partial charge on any atom is 0.220 e. The van der Waals surface area contributed by atoms with Gasteiger partial charge in [0.05, 0.1) is 0 Å². The predicted molar refractivity (Wildman–Crippen MR) is 50.7 cm³/mol. The molecule has 0 aliphatic heterocycles. The summed E-state index contributed by atoms with van der Waals surface area (Å²) in [7, 11) is 0. The first-order chi connectivity index (χ1) is 5.81. The molecule has 1 amide bonds. The zero-order valence-electron chi connectivity index (χ0n) is 7.51. The van der Waals surface area contributed by atoms with E-state index in [1.807, 2.05) is 0 Å². The molecule has 0 bridgehead atoms. The van der Waals surface area contributed by atoms with Crippen LogP contribution in [-0.2, 0) is 4.79 Å². The van der Waals surface area contributed by atoms with Crippen molar-refractivity contribution in [1.82, 2.24) is 5.32 Å². The van der Waals surface area contributed by atoms with Crippen molar-refractivity contribution >= 4 is 5.91 Å². The lowest BCUT2D eigenvalue weighted by atomic mass is 10.2. The summed E-state index contributed by atoms with van der Waals surface area (Å²) in [5.41, 5.74) is 5.29. The average Bonchev–Trinajstić information content (AvgIpc) is 2.06. The number of carbonyl (C=O) groups excluding carboxylic acids is 1. The third-order valence-corrected chi connectivity index (χ3v) is 1.53. The van der Waals surface area contributed by atoms with Crippen molar-refractivity contribution < 1.29 is 4.79 Å². The molecule has 0 aliphatic rings. The normalized spacial score (nSPS) is 9.42. The lowest BCUT2D eigenvalue weighted by molar-refractivity contribution is -0.121. The van der Waals surface area contributed by atoms with Gasteiger partial charge in [-0.15, -0.1) is 6.58 Å². The molecule has 70 valence electrons. The molecule has 0 saturated heterocycles. The van der Waals surface area contributed by atoms with Gasteiger partial charge in [0.2, 0.25) is 5.91 Å². The van der Waals surface area contributed by atoms with Gasteiger partial charge in [0.15, 0.2) is 0 Å². The van der Waals surface area contributed by atoms with E-state index in [-0.39, 0.29) is 5.91 Å². The molecule has 0 atom stereocenters. The first-order valence-corrected chi connectivity index (χ1v) is 4.39. The van der Waals surface area contributed by atoms with E-state index < -0.39 is 0 Å². The van der Waals surface area contributed by atoms with Gasteiger partial charge >= 0.3 is 0 Å². The molecule has 0 radical (unpaired) electrons. The molecular formula is C9H18N2O. The molecule has 0 aromatic heterocycles. The number of carbonyl (C=O) groups is 1. The van der Waals surface area contributed by atoms with Crippen molar-refractivity contribution in [3.8, 4) is 0 Å². The fraction of sp³-hybridized carbons (Fsp3) is 0.667. The second-order valence-corrected chi connectivity index (χ2v) is 2.67. The molecule has 0 rings (SSSR count). The Hall–Kier alpha value is -0.830. The Kier molecular flexibility index (Phi) is 7.70. The monoisotopic (exact) mass is 170 g/mol. The van der Waals surface area contributed by atoms with Gasteiger partial charge in [-0.25, -0.2) is 0 Å². The van der Waals surface area contributed by atoms with Gasteiger partial charge < -0.3 is 11.1 Å². The van der Waals surface area contributed by atoms with Crippen molar-refractivity contribution in [2.24, 2.45) is 5.73 Å². The van der Waals surface area contributed by atoms with Crippen LogP contribution in [0.4, 0.5) is 0 Å². The standard InChI is InChI=1S/C9H18N2O/c1-2-3-8-11-9(12)6-4-5-7-10/h2H,1,3-8,10H2,(H,11,12). The molecule has 0 aliphatic carbocycles. The van der Waals surface area contributed by atoms with E-state index in [1.165, 1.54) is 0 Å². The van der Waals surface area contributed by atoms with Crippen LogP contribution >= 0.6 is 0 Å². The van der Waals surface area contributed by atoms with E-state index in [1.54, 1.807) is 6.08 Å². The lowest BCUT2D eigenvalue weighted by Gasteiger charge is -2.01. The largest absolute Gasteiger partial charge is 0.356 e. The van der Waals surface area contributed by atoms with E-state index in [2.05, 4.69) is 11.9 Å². The smallest absolute Gasteiger partial charge is 0.220 e. The Bertz CT molecular complexity index is 134. The molecule has 3 heteroatoms. The number of hydrogen-bond donors (Lipinski definition) is 2. The SMILES string of the molecule is C=CCCNC(=O)CCCCN. The fourth-order valence-electron chi connectivity index (χ4n) is 0.832. The summed E-state index contributed by atoms with van der Waals surface area (Å²) in [5.74, 6) is 0.116. The zero-order chi connectivity index (χ0) is 9.23. The highest BCUT2D eigenvalue weighted by Crippen LogP contribution is 1.92. The highest BCUT2D eigenvalue weighted by atomic mass is 16.1. The predicted octanol–water partition coefficient (Wildman–Crippen LogP) is 0.808. The molecule has 0 fully saturated rings. The quantitative estimate of drug-likeness (QED) is 0.439. The number of nitrogens with one attached hydrogen (secondary N) is 1. The number of hydrogen-bond acceptors (Lipinski definition) is 2. The summed E-state index contributed by atoms with van der Waals surface area (Å²) in [6, 6.07) is 0. The number of nitrogens with two attached hydrogens (primary N) is 1. The van der Waals surface area contributed by atoms with E-state index >= 15 is 0 Å². The van der Waals surface area contributed by atoms with Crippen LogP contribution in [0.3, 0.4) is 0 Å². The fourth-order valence-corrected chi connectivity index (χ4v) is 0.832. The van der Waals surface area contributed by atoms with Gasteiger partial charge in [-0.2, -0.15) is 0 Å². The minimum absolute atomic E-state index is 0.116. The molecule has 0 aromatic carbocycles. The van der Waals surface area contributed by atoms with Gasteiger partial charge in [0, 0.05) is 13.0 Å². The Morgan fingerprint density at radius 3 is 2.83 bits per heavy atom. The topological polar surface area (TPSA) is 55.1 Å². The molecule has 3 nitrogen and oxygen atoms in total. The summed E-state index contributed by atoms with van der Waals surface area (Å²) in [4.78, 5) is 11.0. The lowest BCUT2D eigenvalue weighted by Crippen LogP contribution is -2.23. The molecule has 3 N–H and O–H groups in total. The van der Waals surface area contributed by atoms with Crippen LogP contribution < -0.4 is 11.1 Å². The third kappa shape index (κ3) is 7.28. The van der Waals surface area contributed by atoms with E-state index in [0.29, 0.717) is 19.5 Å². The summed E-state index contributed by atoms with van der Waals surface area (Å²) in [6.45, 7) is 4.93. The Morgan fingerprint density at radius 1 is 1.50 bits per heavy atom. The van der Waals surface area contributed by atoms with Crippen LogP contribution in [0, 0.1) is 0 Å². The van der Waals surface area contributed by atoms with Crippen LogP contribution in [-0.4, -0.2) is 19.0 Å². The van der Waals surface area contributed by atoms with Crippen molar-refractivity contribution in [1.29, 1.82) is 0 Å². The zero-order valence-corrected chi connectivity index (χ0v) is 7.51. The Balaban J connectivity index is 3.15. The summed E-state index contributed by atoms with van der Waals surface area (Å²) < 4.78 is 0. The first kappa shape index (κ1) is 11.2. The molecule has 0 aromatic rings. The van der Waals surface area contributed by atoms with Crippen LogP contribution in [0.2, 0.25) is 0 Å². The minimum Gasteiger partial charge on any atom is -0.356 e. The second kappa shape index (κ2) is 8.27.